The third-order valence-corrected chi connectivity index (χ3v) is 3.35. The fourth-order valence-corrected chi connectivity index (χ4v) is 2.31. The van der Waals surface area contributed by atoms with Gasteiger partial charge in [-0.15, -0.1) is 0 Å². The van der Waals surface area contributed by atoms with Gasteiger partial charge < -0.3 is 15.7 Å². The smallest absolute Gasteiger partial charge is 0.308 e. The SMILES string of the molecule is C[C@@H]1CN(C(=O)c2cccc(N)c2)C[C@H]1C(=O)O. The summed E-state index contributed by atoms with van der Waals surface area (Å²) >= 11 is 0. The largest absolute Gasteiger partial charge is 0.481 e. The summed E-state index contributed by atoms with van der Waals surface area (Å²) in [6.07, 6.45) is 0. The molecule has 1 aromatic carbocycles. The molecule has 1 heterocycles. The second kappa shape index (κ2) is 4.68. The number of carboxylic acid groups (broad SMARTS) is 1. The molecule has 5 nitrogen and oxygen atoms in total. The molecule has 1 fully saturated rings. The van der Waals surface area contributed by atoms with Gasteiger partial charge in [0.2, 0.25) is 0 Å². The molecule has 1 aromatic rings. The summed E-state index contributed by atoms with van der Waals surface area (Å²) in [5.41, 5.74) is 6.67. The van der Waals surface area contributed by atoms with Crippen LogP contribution in [-0.4, -0.2) is 35.0 Å². The molecule has 5 heteroatoms. The highest BCUT2D eigenvalue weighted by Gasteiger charge is 2.37. The first-order chi connectivity index (χ1) is 8.49. The van der Waals surface area contributed by atoms with E-state index < -0.39 is 11.9 Å². The Morgan fingerprint density at radius 2 is 2.11 bits per heavy atom. The summed E-state index contributed by atoms with van der Waals surface area (Å²) in [6.45, 7) is 2.60. The molecule has 2 rings (SSSR count). The van der Waals surface area contributed by atoms with Gasteiger partial charge in [0.05, 0.1) is 5.92 Å². The molecule has 2 atom stereocenters. The van der Waals surface area contributed by atoms with E-state index in [-0.39, 0.29) is 18.4 Å². The molecule has 1 aliphatic rings. The van der Waals surface area contributed by atoms with Crippen LogP contribution >= 0.6 is 0 Å². The summed E-state index contributed by atoms with van der Waals surface area (Å²) in [5, 5.41) is 9.04. The Morgan fingerprint density at radius 3 is 2.67 bits per heavy atom. The maximum absolute atomic E-state index is 12.2. The van der Waals surface area contributed by atoms with E-state index in [2.05, 4.69) is 0 Å². The molecular formula is C13H16N2O3. The van der Waals surface area contributed by atoms with E-state index >= 15 is 0 Å². The van der Waals surface area contributed by atoms with Gasteiger partial charge in [0.25, 0.3) is 5.91 Å². The van der Waals surface area contributed by atoms with Crippen molar-refractivity contribution < 1.29 is 14.7 Å². The molecule has 0 unspecified atom stereocenters. The van der Waals surface area contributed by atoms with E-state index in [1.54, 1.807) is 29.2 Å². The summed E-state index contributed by atoms with van der Waals surface area (Å²) in [6, 6.07) is 6.73. The van der Waals surface area contributed by atoms with E-state index in [1.807, 2.05) is 6.92 Å². The zero-order valence-corrected chi connectivity index (χ0v) is 10.2. The van der Waals surface area contributed by atoms with Gasteiger partial charge in [-0.1, -0.05) is 13.0 Å². The number of nitrogens with zero attached hydrogens (tertiary/aromatic N) is 1. The lowest BCUT2D eigenvalue weighted by Crippen LogP contribution is -2.29. The third kappa shape index (κ3) is 2.30. The van der Waals surface area contributed by atoms with Gasteiger partial charge in [-0.3, -0.25) is 9.59 Å². The van der Waals surface area contributed by atoms with Crippen molar-refractivity contribution in [3.8, 4) is 0 Å². The lowest BCUT2D eigenvalue weighted by molar-refractivity contribution is -0.142. The van der Waals surface area contributed by atoms with Crippen LogP contribution in [0.4, 0.5) is 5.69 Å². The van der Waals surface area contributed by atoms with E-state index in [4.69, 9.17) is 10.8 Å². The number of carbonyl (C=O) groups is 2. The summed E-state index contributed by atoms with van der Waals surface area (Å²) in [5.74, 6) is -1.49. The van der Waals surface area contributed by atoms with Crippen molar-refractivity contribution in [3.05, 3.63) is 29.8 Å². The van der Waals surface area contributed by atoms with E-state index in [0.29, 0.717) is 17.8 Å². The molecule has 1 amide bonds. The second-order valence-electron chi connectivity index (χ2n) is 4.76. The highest BCUT2D eigenvalue weighted by atomic mass is 16.4. The number of rotatable bonds is 2. The first-order valence-corrected chi connectivity index (χ1v) is 5.86. The van der Waals surface area contributed by atoms with E-state index in [1.165, 1.54) is 0 Å². The van der Waals surface area contributed by atoms with Crippen molar-refractivity contribution in [1.29, 1.82) is 0 Å². The lowest BCUT2D eigenvalue weighted by atomic mass is 9.99. The van der Waals surface area contributed by atoms with Crippen molar-refractivity contribution in [2.75, 3.05) is 18.8 Å². The molecule has 0 aliphatic carbocycles. The number of amides is 1. The van der Waals surface area contributed by atoms with Crippen molar-refractivity contribution in [2.45, 2.75) is 6.92 Å². The van der Waals surface area contributed by atoms with Crippen molar-refractivity contribution in [2.24, 2.45) is 11.8 Å². The maximum atomic E-state index is 12.2. The number of nitrogen functional groups attached to an aromatic ring is 1. The molecule has 1 aliphatic heterocycles. The number of hydrogen-bond acceptors (Lipinski definition) is 3. The van der Waals surface area contributed by atoms with Crippen LogP contribution < -0.4 is 5.73 Å². The highest BCUT2D eigenvalue weighted by Crippen LogP contribution is 2.24. The number of nitrogens with two attached hydrogens (primary N) is 1. The van der Waals surface area contributed by atoms with Gasteiger partial charge in [-0.25, -0.2) is 0 Å². The Bertz CT molecular complexity index is 487. The third-order valence-electron chi connectivity index (χ3n) is 3.35. The number of hydrogen-bond donors (Lipinski definition) is 2. The van der Waals surface area contributed by atoms with Crippen LogP contribution in [0.15, 0.2) is 24.3 Å². The van der Waals surface area contributed by atoms with Gasteiger partial charge in [-0.05, 0) is 24.1 Å². The van der Waals surface area contributed by atoms with Crippen LogP contribution in [0, 0.1) is 11.8 Å². The number of carbonyl (C=O) groups excluding carboxylic acids is 1. The Hall–Kier alpha value is -2.04. The first kappa shape index (κ1) is 12.4. The molecule has 18 heavy (non-hydrogen) atoms. The molecule has 0 bridgehead atoms. The molecule has 0 spiro atoms. The number of benzene rings is 1. The van der Waals surface area contributed by atoms with Gasteiger partial charge in [0.1, 0.15) is 0 Å². The van der Waals surface area contributed by atoms with Gasteiger partial charge in [0.15, 0.2) is 0 Å². The van der Waals surface area contributed by atoms with E-state index in [0.717, 1.165) is 0 Å². The average molecular weight is 248 g/mol. The predicted molar refractivity (Wildman–Crippen MR) is 67.0 cm³/mol. The number of aliphatic carboxylic acids is 1. The molecule has 0 aromatic heterocycles. The van der Waals surface area contributed by atoms with Crippen LogP contribution in [0.3, 0.4) is 0 Å². The van der Waals surface area contributed by atoms with Crippen LogP contribution in [-0.2, 0) is 4.79 Å². The Kier molecular flexibility index (Phi) is 3.23. The van der Waals surface area contributed by atoms with E-state index in [9.17, 15) is 9.59 Å². The van der Waals surface area contributed by atoms with Crippen LogP contribution in [0.1, 0.15) is 17.3 Å². The first-order valence-electron chi connectivity index (χ1n) is 5.86. The number of likely N-dealkylation sites (tertiary alicyclic amines) is 1. The summed E-state index contributed by atoms with van der Waals surface area (Å²) in [4.78, 5) is 24.8. The molecule has 96 valence electrons. The van der Waals surface area contributed by atoms with Gasteiger partial charge in [-0.2, -0.15) is 0 Å². The van der Waals surface area contributed by atoms with Gasteiger partial charge in [0, 0.05) is 24.3 Å². The summed E-state index contributed by atoms with van der Waals surface area (Å²) < 4.78 is 0. The molecule has 3 N–H and O–H groups in total. The normalized spacial score (nSPS) is 23.1. The Balaban J connectivity index is 2.14. The minimum Gasteiger partial charge on any atom is -0.481 e. The van der Waals surface area contributed by atoms with Crippen LogP contribution in [0.2, 0.25) is 0 Å². The minimum atomic E-state index is -0.842. The molecule has 0 saturated carbocycles. The summed E-state index contributed by atoms with van der Waals surface area (Å²) in [7, 11) is 0. The van der Waals surface area contributed by atoms with Gasteiger partial charge >= 0.3 is 5.97 Å². The molecule has 0 radical (unpaired) electrons. The Labute approximate surface area is 105 Å². The fourth-order valence-electron chi connectivity index (χ4n) is 2.31. The average Bonchev–Trinajstić information content (AvgIpc) is 2.70. The minimum absolute atomic E-state index is 0.0208. The molecular weight excluding hydrogens is 232 g/mol. The quantitative estimate of drug-likeness (QED) is 0.766. The molecule has 1 saturated heterocycles. The van der Waals surface area contributed by atoms with Crippen LogP contribution in [0.25, 0.3) is 0 Å². The van der Waals surface area contributed by atoms with Crippen molar-refractivity contribution >= 4 is 17.6 Å². The number of carboxylic acids is 1. The zero-order valence-electron chi connectivity index (χ0n) is 10.2. The number of anilines is 1. The van der Waals surface area contributed by atoms with Crippen molar-refractivity contribution in [1.82, 2.24) is 4.90 Å². The predicted octanol–water partition coefficient (Wildman–Crippen LogP) is 1.06. The van der Waals surface area contributed by atoms with Crippen LogP contribution in [0.5, 0.6) is 0 Å². The topological polar surface area (TPSA) is 83.6 Å². The van der Waals surface area contributed by atoms with Crippen molar-refractivity contribution in [3.63, 3.8) is 0 Å². The zero-order chi connectivity index (χ0) is 13.3. The fraction of sp³-hybridized carbons (Fsp3) is 0.385. The monoisotopic (exact) mass is 248 g/mol. The maximum Gasteiger partial charge on any atom is 0.308 e. The lowest BCUT2D eigenvalue weighted by Gasteiger charge is -2.16. The Morgan fingerprint density at radius 1 is 1.39 bits per heavy atom. The second-order valence-corrected chi connectivity index (χ2v) is 4.76. The standard InChI is InChI=1S/C13H16N2O3/c1-8-6-15(7-11(8)13(17)18)12(16)9-3-2-4-10(14)5-9/h2-5,8,11H,6-7,14H2,1H3,(H,17,18)/t8-,11-/m1/s1. The highest BCUT2D eigenvalue weighted by molar-refractivity contribution is 5.95.